The third-order valence-corrected chi connectivity index (χ3v) is 3.55. The van der Waals surface area contributed by atoms with Crippen molar-refractivity contribution in [3.05, 3.63) is 28.8 Å². The van der Waals surface area contributed by atoms with Crippen LogP contribution in [0.5, 0.6) is 5.75 Å². The number of carbonyl (C=O) groups excluding carboxylic acids is 2. The number of Topliss-reactive ketones (excluding diaryl/α,β-unsaturated/α-hetero) is 1. The molecule has 0 N–H and O–H groups in total. The van der Waals surface area contributed by atoms with Crippen molar-refractivity contribution in [2.45, 2.75) is 26.4 Å². The Bertz CT molecular complexity index is 523. The van der Waals surface area contributed by atoms with Crippen molar-refractivity contribution in [1.82, 2.24) is 0 Å². The van der Waals surface area contributed by atoms with Gasteiger partial charge in [0.05, 0.1) is 23.6 Å². The highest BCUT2D eigenvalue weighted by Crippen LogP contribution is 2.25. The van der Waals surface area contributed by atoms with Gasteiger partial charge in [-0.1, -0.05) is 11.6 Å². The van der Waals surface area contributed by atoms with Crippen molar-refractivity contribution in [2.75, 3.05) is 18.6 Å². The summed E-state index contributed by atoms with van der Waals surface area (Å²) >= 11 is 7.19. The Labute approximate surface area is 134 Å². The summed E-state index contributed by atoms with van der Waals surface area (Å²) < 4.78 is 10.2. The number of ether oxygens (including phenoxy) is 2. The second-order valence-corrected chi connectivity index (χ2v) is 6.74. The van der Waals surface area contributed by atoms with Crippen LogP contribution in [0.1, 0.15) is 31.1 Å². The molecule has 0 unspecified atom stereocenters. The van der Waals surface area contributed by atoms with Gasteiger partial charge in [-0.05, 0) is 39.0 Å². The highest BCUT2D eigenvalue weighted by molar-refractivity contribution is 8.00. The highest BCUT2D eigenvalue weighted by Gasteiger charge is 2.17. The van der Waals surface area contributed by atoms with Gasteiger partial charge in [-0.15, -0.1) is 11.8 Å². The van der Waals surface area contributed by atoms with Crippen molar-refractivity contribution >= 4 is 35.1 Å². The molecule has 1 rings (SSSR count). The summed E-state index contributed by atoms with van der Waals surface area (Å²) in [6, 6.07) is 4.87. The number of carbonyl (C=O) groups is 2. The molecule has 116 valence electrons. The molecule has 0 fully saturated rings. The lowest BCUT2D eigenvalue weighted by molar-refractivity contribution is -0.151. The summed E-state index contributed by atoms with van der Waals surface area (Å²) in [6.45, 7) is 5.42. The van der Waals surface area contributed by atoms with Gasteiger partial charge < -0.3 is 9.47 Å². The minimum Gasteiger partial charge on any atom is -0.495 e. The molecule has 0 radical (unpaired) electrons. The highest BCUT2D eigenvalue weighted by atomic mass is 35.5. The number of thioether (sulfide) groups is 1. The van der Waals surface area contributed by atoms with E-state index >= 15 is 0 Å². The minimum atomic E-state index is -0.509. The van der Waals surface area contributed by atoms with E-state index in [1.807, 2.05) is 0 Å². The van der Waals surface area contributed by atoms with Crippen LogP contribution in [0.4, 0.5) is 0 Å². The Morgan fingerprint density at radius 2 is 1.90 bits per heavy atom. The van der Waals surface area contributed by atoms with Gasteiger partial charge in [-0.3, -0.25) is 9.59 Å². The molecule has 0 bridgehead atoms. The lowest BCUT2D eigenvalue weighted by Gasteiger charge is -2.19. The molecule has 0 amide bonds. The lowest BCUT2D eigenvalue weighted by atomic mass is 10.1. The Balaban J connectivity index is 2.47. The van der Waals surface area contributed by atoms with Crippen molar-refractivity contribution in [1.29, 1.82) is 0 Å². The first-order valence-electron chi connectivity index (χ1n) is 6.39. The van der Waals surface area contributed by atoms with Crippen molar-refractivity contribution in [3.63, 3.8) is 0 Å². The molecule has 0 atom stereocenters. The molecule has 0 aliphatic carbocycles. The van der Waals surface area contributed by atoms with Crippen LogP contribution in [-0.2, 0) is 9.53 Å². The monoisotopic (exact) mass is 330 g/mol. The SMILES string of the molecule is COc1ccc(C(=O)CSCC(=O)OC(C)(C)C)cc1Cl. The largest absolute Gasteiger partial charge is 0.495 e. The van der Waals surface area contributed by atoms with Gasteiger partial charge >= 0.3 is 5.97 Å². The Morgan fingerprint density at radius 1 is 1.24 bits per heavy atom. The molecule has 1 aromatic carbocycles. The summed E-state index contributed by atoms with van der Waals surface area (Å²) in [5.41, 5.74) is -0.0111. The summed E-state index contributed by atoms with van der Waals surface area (Å²) in [4.78, 5) is 23.5. The van der Waals surface area contributed by atoms with E-state index in [0.29, 0.717) is 16.3 Å². The van der Waals surface area contributed by atoms with Crippen LogP contribution in [0, 0.1) is 0 Å². The van der Waals surface area contributed by atoms with Gasteiger partial charge in [-0.2, -0.15) is 0 Å². The Morgan fingerprint density at radius 3 is 2.43 bits per heavy atom. The van der Waals surface area contributed by atoms with Crippen LogP contribution in [0.2, 0.25) is 5.02 Å². The number of hydrogen-bond acceptors (Lipinski definition) is 5. The first-order chi connectivity index (χ1) is 9.73. The molecule has 0 aromatic heterocycles. The van der Waals surface area contributed by atoms with Gasteiger partial charge in [0.15, 0.2) is 5.78 Å². The molecule has 21 heavy (non-hydrogen) atoms. The third kappa shape index (κ3) is 6.40. The maximum atomic E-state index is 12.0. The van der Waals surface area contributed by atoms with Crippen LogP contribution in [0.3, 0.4) is 0 Å². The standard InChI is InChI=1S/C15H19ClO4S/c1-15(2,3)20-14(18)9-21-8-12(17)10-5-6-13(19-4)11(16)7-10/h5-7H,8-9H2,1-4H3. The number of rotatable bonds is 6. The molecular formula is C15H19ClO4S. The third-order valence-electron chi connectivity index (χ3n) is 2.35. The second kappa shape index (κ2) is 7.71. The van der Waals surface area contributed by atoms with Crippen LogP contribution < -0.4 is 4.74 Å². The van der Waals surface area contributed by atoms with Gasteiger partial charge in [-0.25, -0.2) is 0 Å². The molecule has 0 saturated carbocycles. The lowest BCUT2D eigenvalue weighted by Crippen LogP contribution is -2.25. The zero-order valence-electron chi connectivity index (χ0n) is 12.6. The van der Waals surface area contributed by atoms with Gasteiger partial charge in [0, 0.05) is 5.56 Å². The number of esters is 1. The van der Waals surface area contributed by atoms with E-state index in [2.05, 4.69) is 0 Å². The van der Waals surface area contributed by atoms with Crippen LogP contribution >= 0.6 is 23.4 Å². The fourth-order valence-corrected chi connectivity index (χ4v) is 2.46. The quantitative estimate of drug-likeness (QED) is 0.589. The zero-order chi connectivity index (χ0) is 16.0. The van der Waals surface area contributed by atoms with E-state index in [1.54, 1.807) is 39.0 Å². The average molecular weight is 331 g/mol. The number of halogens is 1. The molecule has 4 nitrogen and oxygen atoms in total. The molecule has 1 aromatic rings. The fourth-order valence-electron chi connectivity index (χ4n) is 1.52. The van der Waals surface area contributed by atoms with Crippen molar-refractivity contribution < 1.29 is 19.1 Å². The van der Waals surface area contributed by atoms with E-state index < -0.39 is 5.60 Å². The van der Waals surface area contributed by atoms with Crippen molar-refractivity contribution in [2.24, 2.45) is 0 Å². The first-order valence-corrected chi connectivity index (χ1v) is 7.92. The predicted molar refractivity (Wildman–Crippen MR) is 85.5 cm³/mol. The maximum Gasteiger partial charge on any atom is 0.316 e. The minimum absolute atomic E-state index is 0.0897. The number of methoxy groups -OCH3 is 1. The van der Waals surface area contributed by atoms with Crippen molar-refractivity contribution in [3.8, 4) is 5.75 Å². The molecule has 0 spiro atoms. The molecule has 0 aliphatic heterocycles. The van der Waals surface area contributed by atoms with Crippen LogP contribution in [-0.4, -0.2) is 36.0 Å². The average Bonchev–Trinajstić information content (AvgIpc) is 2.36. The summed E-state index contributed by atoms with van der Waals surface area (Å²) in [5, 5.41) is 0.389. The molecule has 0 saturated heterocycles. The maximum absolute atomic E-state index is 12.0. The summed E-state index contributed by atoms with van der Waals surface area (Å²) in [7, 11) is 1.51. The summed E-state index contributed by atoms with van der Waals surface area (Å²) in [5.74, 6) is 0.449. The summed E-state index contributed by atoms with van der Waals surface area (Å²) in [6.07, 6.45) is 0. The topological polar surface area (TPSA) is 52.6 Å². The number of hydrogen-bond donors (Lipinski definition) is 0. The van der Waals surface area contributed by atoms with E-state index in [1.165, 1.54) is 18.9 Å². The first kappa shape index (κ1) is 17.9. The zero-order valence-corrected chi connectivity index (χ0v) is 14.1. The van der Waals surface area contributed by atoms with E-state index in [4.69, 9.17) is 21.1 Å². The van der Waals surface area contributed by atoms with Crippen LogP contribution in [0.15, 0.2) is 18.2 Å². The van der Waals surface area contributed by atoms with Crippen LogP contribution in [0.25, 0.3) is 0 Å². The van der Waals surface area contributed by atoms with Gasteiger partial charge in [0.25, 0.3) is 0 Å². The molecule has 0 aliphatic rings. The smallest absolute Gasteiger partial charge is 0.316 e. The second-order valence-electron chi connectivity index (χ2n) is 5.35. The van der Waals surface area contributed by atoms with E-state index in [9.17, 15) is 9.59 Å². The number of benzene rings is 1. The molecule has 6 heteroatoms. The fraction of sp³-hybridized carbons (Fsp3) is 0.467. The molecule has 0 heterocycles. The predicted octanol–water partition coefficient (Wildman–Crippen LogP) is 3.61. The number of ketones is 1. The van der Waals surface area contributed by atoms with E-state index in [-0.39, 0.29) is 23.3 Å². The normalized spacial score (nSPS) is 11.1. The Hall–Kier alpha value is -1.20. The Kier molecular flexibility index (Phi) is 6.55. The van der Waals surface area contributed by atoms with Gasteiger partial charge in [0.1, 0.15) is 11.4 Å². The van der Waals surface area contributed by atoms with E-state index in [0.717, 1.165) is 0 Å². The van der Waals surface area contributed by atoms with Gasteiger partial charge in [0.2, 0.25) is 0 Å². The molecular weight excluding hydrogens is 312 g/mol.